The van der Waals surface area contributed by atoms with E-state index < -0.39 is 5.97 Å². The third kappa shape index (κ3) is 3.12. The smallest absolute Gasteiger partial charge is 0.337 e. The molecule has 2 aromatic heterocycles. The Kier molecular flexibility index (Phi) is 3.82. The highest BCUT2D eigenvalue weighted by molar-refractivity contribution is 5.94. The molecule has 3 rings (SSSR count). The van der Waals surface area contributed by atoms with Crippen LogP contribution < -0.4 is 5.32 Å². The predicted octanol–water partition coefficient (Wildman–Crippen LogP) is 2.77. The molecular formula is C16H14N4O2. The van der Waals surface area contributed by atoms with E-state index in [0.717, 1.165) is 5.56 Å². The van der Waals surface area contributed by atoms with Gasteiger partial charge in [0.2, 0.25) is 0 Å². The summed E-state index contributed by atoms with van der Waals surface area (Å²) in [6.07, 6.45) is 6.42. The normalized spacial score (nSPS) is 10.4. The quantitative estimate of drug-likeness (QED) is 0.756. The van der Waals surface area contributed by atoms with E-state index in [4.69, 9.17) is 5.11 Å². The zero-order valence-corrected chi connectivity index (χ0v) is 11.7. The molecule has 0 atom stereocenters. The van der Waals surface area contributed by atoms with Gasteiger partial charge in [-0.25, -0.2) is 4.79 Å². The highest BCUT2D eigenvalue weighted by Gasteiger charge is 2.10. The van der Waals surface area contributed by atoms with Crippen LogP contribution in [0.25, 0.3) is 0 Å². The number of anilines is 2. The molecule has 0 aliphatic carbocycles. The van der Waals surface area contributed by atoms with Crippen LogP contribution in [0, 0.1) is 0 Å². The van der Waals surface area contributed by atoms with Crippen LogP contribution in [0.5, 0.6) is 0 Å². The lowest BCUT2D eigenvalue weighted by atomic mass is 10.2. The Morgan fingerprint density at radius 3 is 2.77 bits per heavy atom. The van der Waals surface area contributed by atoms with Gasteiger partial charge in [-0.05, 0) is 11.6 Å². The number of carbonyl (C=O) groups is 1. The molecule has 0 radical (unpaired) electrons. The maximum absolute atomic E-state index is 11.2. The van der Waals surface area contributed by atoms with Gasteiger partial charge in [0, 0.05) is 12.4 Å². The third-order valence-electron chi connectivity index (χ3n) is 3.15. The summed E-state index contributed by atoms with van der Waals surface area (Å²) in [5.74, 6) is -0.999. The molecule has 3 aromatic rings. The van der Waals surface area contributed by atoms with Crippen LogP contribution in [0.3, 0.4) is 0 Å². The van der Waals surface area contributed by atoms with Crippen molar-refractivity contribution in [2.45, 2.75) is 6.54 Å². The Balaban J connectivity index is 1.76. The number of aromatic carboxylic acids is 1. The van der Waals surface area contributed by atoms with Gasteiger partial charge in [0.05, 0.1) is 35.9 Å². The number of aromatic nitrogens is 3. The first-order valence-corrected chi connectivity index (χ1v) is 6.73. The van der Waals surface area contributed by atoms with Gasteiger partial charge in [0.25, 0.3) is 0 Å². The van der Waals surface area contributed by atoms with Crippen LogP contribution in [0.15, 0.2) is 61.2 Å². The maximum Gasteiger partial charge on any atom is 0.337 e. The Morgan fingerprint density at radius 1 is 1.18 bits per heavy atom. The summed E-state index contributed by atoms with van der Waals surface area (Å²) in [5.41, 5.74) is 2.47. The number of carboxylic acids is 1. The first-order valence-electron chi connectivity index (χ1n) is 6.73. The number of nitrogens with zero attached hydrogens (tertiary/aromatic N) is 3. The minimum Gasteiger partial charge on any atom is -0.478 e. The van der Waals surface area contributed by atoms with Crippen LogP contribution in [0.1, 0.15) is 15.9 Å². The Hall–Kier alpha value is -3.15. The molecule has 0 unspecified atom stereocenters. The van der Waals surface area contributed by atoms with Crippen molar-refractivity contribution in [2.24, 2.45) is 0 Å². The van der Waals surface area contributed by atoms with Gasteiger partial charge in [-0.2, -0.15) is 5.10 Å². The molecule has 0 saturated heterocycles. The molecule has 1 aromatic carbocycles. The molecule has 0 spiro atoms. The molecule has 0 fully saturated rings. The number of rotatable bonds is 5. The SMILES string of the molecule is O=C(O)c1ccncc1Nc1cnn(Cc2ccccc2)c1. The lowest BCUT2D eigenvalue weighted by molar-refractivity contribution is 0.0698. The second-order valence-corrected chi connectivity index (χ2v) is 4.76. The summed E-state index contributed by atoms with van der Waals surface area (Å²) in [6.45, 7) is 0.654. The molecule has 0 amide bonds. The molecule has 0 aliphatic heterocycles. The van der Waals surface area contributed by atoms with Gasteiger partial charge >= 0.3 is 5.97 Å². The zero-order valence-electron chi connectivity index (χ0n) is 11.7. The van der Waals surface area contributed by atoms with Crippen molar-refractivity contribution in [3.63, 3.8) is 0 Å². The molecule has 0 aliphatic rings. The van der Waals surface area contributed by atoms with E-state index in [1.54, 1.807) is 10.9 Å². The van der Waals surface area contributed by atoms with Gasteiger partial charge < -0.3 is 10.4 Å². The van der Waals surface area contributed by atoms with Crippen molar-refractivity contribution in [1.29, 1.82) is 0 Å². The standard InChI is InChI=1S/C16H14N4O2/c21-16(22)14-6-7-17-9-15(14)19-13-8-18-20(11-13)10-12-4-2-1-3-5-12/h1-9,11,19H,10H2,(H,21,22). The lowest BCUT2D eigenvalue weighted by Gasteiger charge is -2.06. The minimum atomic E-state index is -0.999. The fraction of sp³-hybridized carbons (Fsp3) is 0.0625. The fourth-order valence-electron chi connectivity index (χ4n) is 2.12. The van der Waals surface area contributed by atoms with Crippen LogP contribution in [-0.4, -0.2) is 25.8 Å². The van der Waals surface area contributed by atoms with Gasteiger partial charge in [-0.3, -0.25) is 9.67 Å². The molecule has 2 N–H and O–H groups in total. The molecular weight excluding hydrogens is 280 g/mol. The number of benzene rings is 1. The predicted molar refractivity (Wildman–Crippen MR) is 82.3 cm³/mol. The van der Waals surface area contributed by atoms with Gasteiger partial charge in [-0.1, -0.05) is 30.3 Å². The van der Waals surface area contributed by atoms with Crippen molar-refractivity contribution in [2.75, 3.05) is 5.32 Å². The van der Waals surface area contributed by atoms with E-state index in [1.807, 2.05) is 36.5 Å². The van der Waals surface area contributed by atoms with Crippen molar-refractivity contribution < 1.29 is 9.90 Å². The first kappa shape index (κ1) is 13.8. The second-order valence-electron chi connectivity index (χ2n) is 4.76. The Bertz CT molecular complexity index is 784. The van der Waals surface area contributed by atoms with E-state index in [1.165, 1.54) is 18.5 Å². The summed E-state index contributed by atoms with van der Waals surface area (Å²) in [6, 6.07) is 11.4. The summed E-state index contributed by atoms with van der Waals surface area (Å²) < 4.78 is 1.79. The van der Waals surface area contributed by atoms with Crippen molar-refractivity contribution in [1.82, 2.24) is 14.8 Å². The number of pyridine rings is 1. The fourth-order valence-corrected chi connectivity index (χ4v) is 2.12. The van der Waals surface area contributed by atoms with Crippen molar-refractivity contribution in [3.05, 3.63) is 72.3 Å². The Morgan fingerprint density at radius 2 is 2.00 bits per heavy atom. The highest BCUT2D eigenvalue weighted by atomic mass is 16.4. The van der Waals surface area contributed by atoms with E-state index in [9.17, 15) is 4.79 Å². The molecule has 0 bridgehead atoms. The molecule has 0 saturated carbocycles. The number of hydrogen-bond acceptors (Lipinski definition) is 4. The molecule has 110 valence electrons. The number of nitrogens with one attached hydrogen (secondary N) is 1. The van der Waals surface area contributed by atoms with Crippen molar-refractivity contribution in [3.8, 4) is 0 Å². The Labute approximate surface area is 127 Å². The first-order chi connectivity index (χ1) is 10.7. The number of carboxylic acid groups (broad SMARTS) is 1. The van der Waals surface area contributed by atoms with Crippen molar-refractivity contribution >= 4 is 17.3 Å². The largest absolute Gasteiger partial charge is 0.478 e. The maximum atomic E-state index is 11.2. The monoisotopic (exact) mass is 294 g/mol. The minimum absolute atomic E-state index is 0.172. The number of hydrogen-bond donors (Lipinski definition) is 2. The summed E-state index contributed by atoms with van der Waals surface area (Å²) in [5, 5.41) is 16.5. The van der Waals surface area contributed by atoms with E-state index in [0.29, 0.717) is 17.9 Å². The van der Waals surface area contributed by atoms with Crippen LogP contribution in [-0.2, 0) is 6.54 Å². The molecule has 6 nitrogen and oxygen atoms in total. The zero-order chi connectivity index (χ0) is 15.4. The molecule has 6 heteroatoms. The highest BCUT2D eigenvalue weighted by Crippen LogP contribution is 2.19. The van der Waals surface area contributed by atoms with E-state index in [-0.39, 0.29) is 5.56 Å². The molecule has 22 heavy (non-hydrogen) atoms. The summed E-state index contributed by atoms with van der Waals surface area (Å²) in [7, 11) is 0. The third-order valence-corrected chi connectivity index (χ3v) is 3.15. The van der Waals surface area contributed by atoms with Crippen LogP contribution in [0.4, 0.5) is 11.4 Å². The van der Waals surface area contributed by atoms with Crippen LogP contribution in [0.2, 0.25) is 0 Å². The second kappa shape index (κ2) is 6.09. The van der Waals surface area contributed by atoms with E-state index >= 15 is 0 Å². The molecule has 2 heterocycles. The van der Waals surface area contributed by atoms with Gasteiger partial charge in [-0.15, -0.1) is 0 Å². The van der Waals surface area contributed by atoms with E-state index in [2.05, 4.69) is 15.4 Å². The average Bonchev–Trinajstić information content (AvgIpc) is 2.96. The topological polar surface area (TPSA) is 80.0 Å². The van der Waals surface area contributed by atoms with Gasteiger partial charge in [0.15, 0.2) is 0 Å². The van der Waals surface area contributed by atoms with Gasteiger partial charge in [0.1, 0.15) is 0 Å². The average molecular weight is 294 g/mol. The lowest BCUT2D eigenvalue weighted by Crippen LogP contribution is -2.03. The summed E-state index contributed by atoms with van der Waals surface area (Å²) >= 11 is 0. The summed E-state index contributed by atoms with van der Waals surface area (Å²) in [4.78, 5) is 15.1. The van der Waals surface area contributed by atoms with Crippen LogP contribution >= 0.6 is 0 Å².